The van der Waals surface area contributed by atoms with E-state index in [2.05, 4.69) is 0 Å². The molecule has 0 amide bonds. The molecule has 0 heterocycles. The van der Waals surface area contributed by atoms with E-state index in [1.807, 2.05) is 0 Å². The van der Waals surface area contributed by atoms with Crippen LogP contribution in [0.25, 0.3) is 0 Å². The molecule has 0 aliphatic heterocycles. The van der Waals surface area contributed by atoms with Gasteiger partial charge in [-0.25, -0.2) is 0 Å². The van der Waals surface area contributed by atoms with Gasteiger partial charge >= 0.3 is 0 Å². The molecule has 0 aromatic heterocycles. The van der Waals surface area contributed by atoms with Crippen molar-refractivity contribution in [2.24, 2.45) is 0 Å². The van der Waals surface area contributed by atoms with Gasteiger partial charge in [0.05, 0.1) is 0 Å². The molecule has 0 aliphatic rings. The quantitative estimate of drug-likeness (QED) is 0.440. The monoisotopic (exact) mass is 414 g/mol. The van der Waals surface area contributed by atoms with Crippen LogP contribution in [0.15, 0.2) is 0 Å². The van der Waals surface area contributed by atoms with Gasteiger partial charge in [-0.05, 0) is 0 Å². The molecular weight excluding hydrogens is 414 g/mol. The molecule has 12 valence electrons. The first kappa shape index (κ1) is 27.2. The molecule has 0 spiro atoms. The second-order valence-electron chi connectivity index (χ2n) is 0. The van der Waals surface area contributed by atoms with Gasteiger partial charge in [-0.1, -0.05) is 0 Å². The van der Waals surface area contributed by atoms with Crippen LogP contribution in [0.1, 0.15) is 0 Å². The van der Waals surface area contributed by atoms with Crippen molar-refractivity contribution in [1.29, 1.82) is 0 Å². The fourth-order valence-corrected chi connectivity index (χ4v) is 0. The summed E-state index contributed by atoms with van der Waals surface area (Å²) in [6.45, 7) is 0. The maximum Gasteiger partial charge on any atom is 0 e. The topological polar surface area (TPSA) is 0 Å². The summed E-state index contributed by atoms with van der Waals surface area (Å²) in [7, 11) is 0. The Morgan fingerprint density at radius 3 is 0.750 bits per heavy atom. The Labute approximate surface area is 93.1 Å². The van der Waals surface area contributed by atoms with E-state index in [1.165, 1.54) is 0 Å². The molecule has 0 N–H and O–H groups in total. The molecule has 0 fully saturated rings. The van der Waals surface area contributed by atoms with Crippen molar-refractivity contribution in [3.8, 4) is 0 Å². The summed E-state index contributed by atoms with van der Waals surface area (Å²) in [5.74, 6) is 0. The van der Waals surface area contributed by atoms with Crippen LogP contribution in [0, 0.1) is 0 Å². The molecule has 0 aliphatic carbocycles. The fraction of sp³-hybridized carbons (Fsp3) is 0. The van der Waals surface area contributed by atoms with E-state index in [4.69, 9.17) is 0 Å². The van der Waals surface area contributed by atoms with Crippen LogP contribution in [0.3, 0.4) is 0 Å². The molecular formula is In2SnZn. The van der Waals surface area contributed by atoms with Gasteiger partial charge in [-0.2, -0.15) is 0 Å². The SMILES string of the molecule is [In].[In].[Sn].[Zn]. The zero-order valence-electron chi connectivity index (χ0n) is 2.36. The van der Waals surface area contributed by atoms with Crippen LogP contribution < -0.4 is 0 Å². The van der Waals surface area contributed by atoms with E-state index in [0.717, 1.165) is 0 Å². The van der Waals surface area contributed by atoms with Crippen molar-refractivity contribution in [3.63, 3.8) is 0 Å². The fourth-order valence-electron chi connectivity index (χ4n) is 0. The Morgan fingerprint density at radius 2 is 0.750 bits per heavy atom. The van der Waals surface area contributed by atoms with Gasteiger partial charge in [0.15, 0.2) is 0 Å². The molecule has 0 rings (SSSR count). The van der Waals surface area contributed by atoms with Gasteiger partial charge in [-0.3, -0.25) is 0 Å². The third-order valence-corrected chi connectivity index (χ3v) is 0. The first-order valence-electron chi connectivity index (χ1n) is 0. The number of rotatable bonds is 0. The predicted octanol–water partition coefficient (Wildman–Crippen LogP) is -1.14. The first-order valence-corrected chi connectivity index (χ1v) is 0. The summed E-state index contributed by atoms with van der Waals surface area (Å²) in [6, 6.07) is 0. The Hall–Kier alpha value is 3.16. The van der Waals surface area contributed by atoms with Crippen molar-refractivity contribution in [2.45, 2.75) is 0 Å². The van der Waals surface area contributed by atoms with E-state index in [0.29, 0.717) is 0 Å². The average Bonchev–Trinajstić information content (AvgIpc) is 0. The predicted molar refractivity (Wildman–Crippen MR) is 17.3 cm³/mol. The van der Waals surface area contributed by atoms with E-state index in [-0.39, 0.29) is 95.1 Å². The largest absolute Gasteiger partial charge is 0 e. The molecule has 0 atom stereocenters. The van der Waals surface area contributed by atoms with Gasteiger partial charge in [0.1, 0.15) is 0 Å². The van der Waals surface area contributed by atoms with Gasteiger partial charge in [0.25, 0.3) is 0 Å². The zero-order valence-corrected chi connectivity index (χ0v) is 14.8. The molecule has 0 saturated carbocycles. The van der Waals surface area contributed by atoms with Gasteiger partial charge < -0.3 is 0 Å². The van der Waals surface area contributed by atoms with Crippen LogP contribution >= 0.6 is 0 Å². The van der Waals surface area contributed by atoms with Crippen LogP contribution in [0.5, 0.6) is 0 Å². The van der Waals surface area contributed by atoms with E-state index in [9.17, 15) is 0 Å². The van der Waals surface area contributed by atoms with Crippen molar-refractivity contribution in [1.82, 2.24) is 0 Å². The van der Waals surface area contributed by atoms with Crippen molar-refractivity contribution < 1.29 is 19.5 Å². The Morgan fingerprint density at radius 1 is 0.750 bits per heavy atom. The molecule has 0 aromatic carbocycles. The Bertz CT molecular complexity index is 6.00. The summed E-state index contributed by atoms with van der Waals surface area (Å²) in [5, 5.41) is 0. The van der Waals surface area contributed by atoms with Crippen LogP contribution in [0.4, 0.5) is 0 Å². The van der Waals surface area contributed by atoms with Crippen molar-refractivity contribution in [2.75, 3.05) is 0 Å². The zero-order chi connectivity index (χ0) is 0. The molecule has 0 nitrogen and oxygen atoms in total. The summed E-state index contributed by atoms with van der Waals surface area (Å²) < 4.78 is 0. The standard InChI is InChI=1S/2In.Sn.Zn. The van der Waals surface area contributed by atoms with E-state index < -0.39 is 0 Å². The summed E-state index contributed by atoms with van der Waals surface area (Å²) in [6.07, 6.45) is 0. The van der Waals surface area contributed by atoms with Crippen LogP contribution in [-0.4, -0.2) is 75.6 Å². The second-order valence-corrected chi connectivity index (χ2v) is 0. The van der Waals surface area contributed by atoms with E-state index >= 15 is 0 Å². The second kappa shape index (κ2) is 16.4. The molecule has 4 heteroatoms. The minimum atomic E-state index is 0. The summed E-state index contributed by atoms with van der Waals surface area (Å²) in [4.78, 5) is 0. The van der Waals surface area contributed by atoms with Crippen molar-refractivity contribution in [3.05, 3.63) is 0 Å². The molecule has 0 aromatic rings. The summed E-state index contributed by atoms with van der Waals surface area (Å²) >= 11 is 0. The molecule has 0 unspecified atom stereocenters. The molecule has 4 heavy (non-hydrogen) atoms. The molecule has 10 radical (unpaired) electrons. The molecule has 0 bridgehead atoms. The maximum atomic E-state index is 0. The number of hydrogen-bond donors (Lipinski definition) is 0. The Kier molecular flexibility index (Phi) is 112. The van der Waals surface area contributed by atoms with Gasteiger partial charge in [0, 0.05) is 95.1 Å². The minimum absolute atomic E-state index is 0. The number of hydrogen-bond acceptors (Lipinski definition) is 0. The van der Waals surface area contributed by atoms with Gasteiger partial charge in [0.2, 0.25) is 0 Å². The van der Waals surface area contributed by atoms with Crippen LogP contribution in [-0.2, 0) is 19.5 Å². The normalized spacial score (nSPS) is 0. The Balaban J connectivity index is 0. The molecule has 0 saturated heterocycles. The van der Waals surface area contributed by atoms with Crippen molar-refractivity contribution >= 4 is 75.6 Å². The smallest absolute Gasteiger partial charge is 0 e. The third-order valence-electron chi connectivity index (χ3n) is 0. The summed E-state index contributed by atoms with van der Waals surface area (Å²) in [5.41, 5.74) is 0. The average molecular weight is 414 g/mol. The third kappa shape index (κ3) is 8.94. The first-order chi connectivity index (χ1) is 0. The van der Waals surface area contributed by atoms with E-state index in [1.54, 1.807) is 0 Å². The van der Waals surface area contributed by atoms with Gasteiger partial charge in [-0.15, -0.1) is 0 Å². The minimum Gasteiger partial charge on any atom is 0 e. The van der Waals surface area contributed by atoms with Crippen LogP contribution in [0.2, 0.25) is 0 Å². The maximum absolute atomic E-state index is 0.